The molecule has 0 aliphatic heterocycles. The number of esters is 1. The fraction of sp³-hybridized carbons (Fsp3) is 0.333. The Morgan fingerprint density at radius 3 is 2.45 bits per heavy atom. The van der Waals surface area contributed by atoms with Crippen LogP contribution in [0.4, 0.5) is 13.2 Å². The second-order valence-electron chi connectivity index (χ2n) is 3.91. The highest BCUT2D eigenvalue weighted by Crippen LogP contribution is 2.33. The molecular weight excluding hydrogens is 343 g/mol. The number of alkyl halides is 3. The molecule has 1 N–H and O–H groups in total. The SMILES string of the molecule is COC(=O)[C@H](C)NC(=O)c1ccc(Br)cc1C(F)(F)F. The lowest BCUT2D eigenvalue weighted by molar-refractivity contribution is -0.142. The molecule has 0 aromatic heterocycles. The zero-order valence-electron chi connectivity index (χ0n) is 10.5. The van der Waals surface area contributed by atoms with Crippen LogP contribution >= 0.6 is 15.9 Å². The van der Waals surface area contributed by atoms with E-state index in [1.807, 2.05) is 0 Å². The highest BCUT2D eigenvalue weighted by molar-refractivity contribution is 9.10. The van der Waals surface area contributed by atoms with Crippen molar-refractivity contribution in [1.82, 2.24) is 5.32 Å². The van der Waals surface area contributed by atoms with Crippen molar-refractivity contribution in [3.05, 3.63) is 33.8 Å². The number of carbonyl (C=O) groups is 2. The maximum atomic E-state index is 12.9. The monoisotopic (exact) mass is 353 g/mol. The molecule has 0 spiro atoms. The van der Waals surface area contributed by atoms with Crippen molar-refractivity contribution in [2.24, 2.45) is 0 Å². The van der Waals surface area contributed by atoms with Crippen LogP contribution in [0, 0.1) is 0 Å². The molecule has 0 unspecified atom stereocenters. The third-order valence-electron chi connectivity index (χ3n) is 2.43. The van der Waals surface area contributed by atoms with Gasteiger partial charge in [0.25, 0.3) is 5.91 Å². The Balaban J connectivity index is 3.08. The van der Waals surface area contributed by atoms with Crippen molar-refractivity contribution in [3.8, 4) is 0 Å². The Kier molecular flexibility index (Phi) is 5.15. The van der Waals surface area contributed by atoms with Crippen LogP contribution in [0.15, 0.2) is 22.7 Å². The number of halogens is 4. The first-order valence-corrected chi connectivity index (χ1v) is 6.21. The lowest BCUT2D eigenvalue weighted by atomic mass is 10.1. The van der Waals surface area contributed by atoms with E-state index in [-0.39, 0.29) is 4.47 Å². The number of amides is 1. The summed E-state index contributed by atoms with van der Waals surface area (Å²) in [5, 5.41) is 2.15. The van der Waals surface area contributed by atoms with Crippen molar-refractivity contribution < 1.29 is 27.5 Å². The Bertz CT molecular complexity index is 531. The van der Waals surface area contributed by atoms with E-state index in [0.29, 0.717) is 0 Å². The number of hydrogen-bond acceptors (Lipinski definition) is 3. The lowest BCUT2D eigenvalue weighted by Crippen LogP contribution is -2.39. The second-order valence-corrected chi connectivity index (χ2v) is 4.82. The van der Waals surface area contributed by atoms with E-state index in [4.69, 9.17) is 0 Å². The summed E-state index contributed by atoms with van der Waals surface area (Å²) in [6.45, 7) is 1.32. The van der Waals surface area contributed by atoms with Crippen LogP contribution < -0.4 is 5.32 Å². The van der Waals surface area contributed by atoms with Crippen LogP contribution in [-0.2, 0) is 15.7 Å². The van der Waals surface area contributed by atoms with Gasteiger partial charge in [-0.15, -0.1) is 0 Å². The zero-order valence-corrected chi connectivity index (χ0v) is 12.1. The van der Waals surface area contributed by atoms with Gasteiger partial charge in [-0.3, -0.25) is 4.79 Å². The molecule has 0 saturated carbocycles. The predicted molar refractivity (Wildman–Crippen MR) is 68.1 cm³/mol. The van der Waals surface area contributed by atoms with Crippen LogP contribution in [0.25, 0.3) is 0 Å². The van der Waals surface area contributed by atoms with Crippen LogP contribution in [0.1, 0.15) is 22.8 Å². The summed E-state index contributed by atoms with van der Waals surface area (Å²) >= 11 is 2.92. The molecule has 0 aliphatic rings. The third kappa shape index (κ3) is 3.96. The minimum atomic E-state index is -4.68. The van der Waals surface area contributed by atoms with Crippen molar-refractivity contribution >= 4 is 27.8 Å². The third-order valence-corrected chi connectivity index (χ3v) is 2.93. The number of ether oxygens (including phenoxy) is 1. The number of methoxy groups -OCH3 is 1. The fourth-order valence-corrected chi connectivity index (χ4v) is 1.82. The van der Waals surface area contributed by atoms with Crippen LogP contribution in [0.2, 0.25) is 0 Å². The quantitative estimate of drug-likeness (QED) is 0.850. The van der Waals surface area contributed by atoms with Gasteiger partial charge >= 0.3 is 12.1 Å². The molecule has 110 valence electrons. The standard InChI is InChI=1S/C12H11BrF3NO3/c1-6(11(19)20-2)17-10(18)8-4-3-7(13)5-9(8)12(14,15)16/h3-6H,1-2H3,(H,17,18)/t6-/m0/s1. The topological polar surface area (TPSA) is 55.4 Å². The van der Waals surface area contributed by atoms with Gasteiger partial charge in [-0.25, -0.2) is 4.79 Å². The molecule has 4 nitrogen and oxygen atoms in total. The van der Waals surface area contributed by atoms with Gasteiger partial charge in [0.05, 0.1) is 18.2 Å². The van der Waals surface area contributed by atoms with Crippen LogP contribution in [0.5, 0.6) is 0 Å². The van der Waals surface area contributed by atoms with Crippen molar-refractivity contribution in [2.45, 2.75) is 19.1 Å². The van der Waals surface area contributed by atoms with E-state index >= 15 is 0 Å². The average Bonchev–Trinajstić information content (AvgIpc) is 2.36. The van der Waals surface area contributed by atoms with Crippen molar-refractivity contribution in [1.29, 1.82) is 0 Å². The van der Waals surface area contributed by atoms with E-state index in [1.54, 1.807) is 0 Å². The zero-order chi connectivity index (χ0) is 15.5. The molecule has 1 amide bonds. The summed E-state index contributed by atoms with van der Waals surface area (Å²) in [6.07, 6.45) is -4.68. The number of rotatable bonds is 3. The van der Waals surface area contributed by atoms with Crippen molar-refractivity contribution in [2.75, 3.05) is 7.11 Å². The Morgan fingerprint density at radius 1 is 1.35 bits per heavy atom. The molecule has 1 aromatic carbocycles. The molecule has 20 heavy (non-hydrogen) atoms. The summed E-state index contributed by atoms with van der Waals surface area (Å²) in [7, 11) is 1.12. The summed E-state index contributed by atoms with van der Waals surface area (Å²) < 4.78 is 43.2. The van der Waals surface area contributed by atoms with E-state index in [0.717, 1.165) is 19.2 Å². The molecule has 8 heteroatoms. The van der Waals surface area contributed by atoms with Gasteiger partial charge in [0.2, 0.25) is 0 Å². The van der Waals surface area contributed by atoms with E-state index in [1.165, 1.54) is 13.0 Å². The van der Waals surface area contributed by atoms with Crippen LogP contribution in [-0.4, -0.2) is 25.0 Å². The van der Waals surface area contributed by atoms with E-state index in [2.05, 4.69) is 26.0 Å². The molecule has 0 radical (unpaired) electrons. The number of benzene rings is 1. The molecule has 0 fully saturated rings. The minimum Gasteiger partial charge on any atom is -0.467 e. The van der Waals surface area contributed by atoms with Crippen molar-refractivity contribution in [3.63, 3.8) is 0 Å². The van der Waals surface area contributed by atoms with Gasteiger partial charge in [-0.1, -0.05) is 15.9 Å². The molecular formula is C12H11BrF3NO3. The Hall–Kier alpha value is -1.57. The maximum Gasteiger partial charge on any atom is 0.417 e. The first kappa shape index (κ1) is 16.5. The maximum absolute atomic E-state index is 12.9. The molecule has 1 rings (SSSR count). The highest BCUT2D eigenvalue weighted by atomic mass is 79.9. The molecule has 1 atom stereocenters. The summed E-state index contributed by atoms with van der Waals surface area (Å²) in [5.74, 6) is -1.74. The second kappa shape index (κ2) is 6.25. The van der Waals surface area contributed by atoms with Gasteiger partial charge in [0, 0.05) is 4.47 Å². The molecule has 0 aliphatic carbocycles. The fourth-order valence-electron chi connectivity index (χ4n) is 1.46. The summed E-state index contributed by atoms with van der Waals surface area (Å²) in [4.78, 5) is 23.0. The molecule has 0 bridgehead atoms. The van der Waals surface area contributed by atoms with Gasteiger partial charge < -0.3 is 10.1 Å². The molecule has 1 aromatic rings. The van der Waals surface area contributed by atoms with Gasteiger partial charge in [0.15, 0.2) is 0 Å². The Labute approximate surface area is 121 Å². The normalized spacial score (nSPS) is 12.7. The summed E-state index contributed by atoms with van der Waals surface area (Å²) in [5.41, 5.74) is -1.64. The smallest absolute Gasteiger partial charge is 0.417 e. The average molecular weight is 354 g/mol. The predicted octanol–water partition coefficient (Wildman–Crippen LogP) is 2.76. The van der Waals surface area contributed by atoms with Gasteiger partial charge in [-0.05, 0) is 25.1 Å². The van der Waals surface area contributed by atoms with E-state index < -0.39 is 35.2 Å². The minimum absolute atomic E-state index is 0.197. The Morgan fingerprint density at radius 2 is 1.95 bits per heavy atom. The summed E-state index contributed by atoms with van der Waals surface area (Å²) in [6, 6.07) is 2.11. The first-order valence-electron chi connectivity index (χ1n) is 5.42. The number of hydrogen-bond donors (Lipinski definition) is 1. The molecule has 0 heterocycles. The van der Waals surface area contributed by atoms with Gasteiger partial charge in [-0.2, -0.15) is 13.2 Å². The number of nitrogens with one attached hydrogen (secondary N) is 1. The van der Waals surface area contributed by atoms with Crippen LogP contribution in [0.3, 0.4) is 0 Å². The largest absolute Gasteiger partial charge is 0.467 e. The lowest BCUT2D eigenvalue weighted by Gasteiger charge is -2.15. The number of carbonyl (C=O) groups excluding carboxylic acids is 2. The highest BCUT2D eigenvalue weighted by Gasteiger charge is 2.35. The van der Waals surface area contributed by atoms with Gasteiger partial charge in [0.1, 0.15) is 6.04 Å². The van der Waals surface area contributed by atoms with E-state index in [9.17, 15) is 22.8 Å². The molecule has 0 saturated heterocycles. The first-order chi connectivity index (χ1) is 9.16.